The summed E-state index contributed by atoms with van der Waals surface area (Å²) in [6, 6.07) is 3.67. The first-order chi connectivity index (χ1) is 11.7. The highest BCUT2D eigenvalue weighted by Gasteiger charge is 2.31. The Labute approximate surface area is 139 Å². The van der Waals surface area contributed by atoms with Gasteiger partial charge in [-0.1, -0.05) is 0 Å². The number of rotatable bonds is 3. The van der Waals surface area contributed by atoms with E-state index >= 15 is 0 Å². The van der Waals surface area contributed by atoms with E-state index in [-0.39, 0.29) is 11.9 Å². The SMILES string of the molecule is Cn1cc(C2CCCN2C(=O)c2ccnc(-n3ccnc3)c2)cn1. The normalized spacial score (nSPS) is 17.4. The lowest BCUT2D eigenvalue weighted by Crippen LogP contribution is -2.30. The molecule has 3 aromatic heterocycles. The highest BCUT2D eigenvalue weighted by Crippen LogP contribution is 2.32. The van der Waals surface area contributed by atoms with Gasteiger partial charge in [0.15, 0.2) is 0 Å². The fraction of sp³-hybridized carbons (Fsp3) is 0.294. The molecule has 0 bridgehead atoms. The maximum atomic E-state index is 13.0. The highest BCUT2D eigenvalue weighted by molar-refractivity contribution is 5.95. The van der Waals surface area contributed by atoms with Crippen LogP contribution in [0.1, 0.15) is 34.8 Å². The molecule has 24 heavy (non-hydrogen) atoms. The Morgan fingerprint density at radius 1 is 1.33 bits per heavy atom. The summed E-state index contributed by atoms with van der Waals surface area (Å²) < 4.78 is 3.57. The van der Waals surface area contributed by atoms with Crippen molar-refractivity contribution in [1.82, 2.24) is 29.2 Å². The van der Waals surface area contributed by atoms with Gasteiger partial charge in [0.05, 0.1) is 12.2 Å². The van der Waals surface area contributed by atoms with Crippen LogP contribution in [0.25, 0.3) is 5.82 Å². The standard InChI is InChI=1S/C17H18N6O/c1-21-11-14(10-20-21)15-3-2-7-23(15)17(24)13-4-5-19-16(9-13)22-8-6-18-12-22/h4-6,8-12,15H,2-3,7H2,1H3. The van der Waals surface area contributed by atoms with Gasteiger partial charge in [0.25, 0.3) is 5.91 Å². The van der Waals surface area contributed by atoms with Crippen LogP contribution >= 0.6 is 0 Å². The van der Waals surface area contributed by atoms with Crippen LogP contribution in [0.5, 0.6) is 0 Å². The lowest BCUT2D eigenvalue weighted by molar-refractivity contribution is 0.0735. The third-order valence-corrected chi connectivity index (χ3v) is 4.38. The first-order valence-corrected chi connectivity index (χ1v) is 7.96. The molecule has 1 saturated heterocycles. The van der Waals surface area contributed by atoms with Gasteiger partial charge >= 0.3 is 0 Å². The minimum absolute atomic E-state index is 0.0325. The van der Waals surface area contributed by atoms with Gasteiger partial charge in [0.2, 0.25) is 0 Å². The Hall–Kier alpha value is -2.96. The topological polar surface area (TPSA) is 68.8 Å². The van der Waals surface area contributed by atoms with Gasteiger partial charge in [-0.2, -0.15) is 5.10 Å². The second kappa shape index (κ2) is 5.92. The Bertz CT molecular complexity index is 854. The minimum Gasteiger partial charge on any atom is -0.331 e. The van der Waals surface area contributed by atoms with Crippen molar-refractivity contribution in [2.75, 3.05) is 6.54 Å². The zero-order chi connectivity index (χ0) is 16.5. The molecule has 1 aliphatic heterocycles. The number of nitrogens with zero attached hydrogens (tertiary/aromatic N) is 6. The second-order valence-corrected chi connectivity index (χ2v) is 5.98. The first-order valence-electron chi connectivity index (χ1n) is 7.96. The van der Waals surface area contributed by atoms with Crippen LogP contribution in [0.3, 0.4) is 0 Å². The number of hydrogen-bond donors (Lipinski definition) is 0. The van der Waals surface area contributed by atoms with Crippen LogP contribution in [0.4, 0.5) is 0 Å². The fourth-order valence-corrected chi connectivity index (χ4v) is 3.22. The number of imidazole rings is 1. The molecule has 1 aliphatic rings. The number of carbonyl (C=O) groups is 1. The van der Waals surface area contributed by atoms with Crippen molar-refractivity contribution in [2.24, 2.45) is 7.05 Å². The number of hydrogen-bond acceptors (Lipinski definition) is 4. The van der Waals surface area contributed by atoms with Gasteiger partial charge in [0, 0.05) is 49.5 Å². The Balaban J connectivity index is 1.62. The van der Waals surface area contributed by atoms with Crippen LogP contribution < -0.4 is 0 Å². The number of pyridine rings is 1. The summed E-state index contributed by atoms with van der Waals surface area (Å²) in [5.41, 5.74) is 1.73. The van der Waals surface area contributed by atoms with Crippen LogP contribution in [0.15, 0.2) is 49.4 Å². The van der Waals surface area contributed by atoms with Gasteiger partial charge in [-0.05, 0) is 25.0 Å². The lowest BCUT2D eigenvalue weighted by atomic mass is 10.1. The molecule has 0 aromatic carbocycles. The zero-order valence-electron chi connectivity index (χ0n) is 13.4. The van der Waals surface area contributed by atoms with Crippen molar-refractivity contribution >= 4 is 5.91 Å². The number of carbonyl (C=O) groups excluding carboxylic acids is 1. The number of amides is 1. The molecule has 3 aromatic rings. The van der Waals surface area contributed by atoms with E-state index in [0.29, 0.717) is 11.4 Å². The molecule has 1 atom stereocenters. The van der Waals surface area contributed by atoms with E-state index in [1.165, 1.54) is 0 Å². The molecule has 0 spiro atoms. The summed E-state index contributed by atoms with van der Waals surface area (Å²) in [6.45, 7) is 0.765. The molecule has 7 heteroatoms. The summed E-state index contributed by atoms with van der Waals surface area (Å²) in [7, 11) is 1.89. The molecule has 4 rings (SSSR count). The van der Waals surface area contributed by atoms with Crippen LogP contribution in [-0.2, 0) is 7.05 Å². The maximum Gasteiger partial charge on any atom is 0.254 e. The Morgan fingerprint density at radius 3 is 3.00 bits per heavy atom. The van der Waals surface area contributed by atoms with Crippen molar-refractivity contribution in [2.45, 2.75) is 18.9 Å². The number of aromatic nitrogens is 5. The molecule has 0 radical (unpaired) electrons. The van der Waals surface area contributed by atoms with Gasteiger partial charge in [0.1, 0.15) is 12.1 Å². The summed E-state index contributed by atoms with van der Waals surface area (Å²) in [4.78, 5) is 23.3. The van der Waals surface area contributed by atoms with Gasteiger partial charge in [-0.25, -0.2) is 9.97 Å². The van der Waals surface area contributed by atoms with Crippen LogP contribution in [0, 0.1) is 0 Å². The smallest absolute Gasteiger partial charge is 0.254 e. The average Bonchev–Trinajstić information content (AvgIpc) is 3.35. The van der Waals surface area contributed by atoms with Crippen molar-refractivity contribution in [3.63, 3.8) is 0 Å². The van der Waals surface area contributed by atoms with Gasteiger partial charge in [-0.15, -0.1) is 0 Å². The molecule has 7 nitrogen and oxygen atoms in total. The van der Waals surface area contributed by atoms with E-state index in [9.17, 15) is 4.79 Å². The predicted octanol–water partition coefficient (Wildman–Crippen LogP) is 1.98. The van der Waals surface area contributed by atoms with Crippen molar-refractivity contribution in [1.29, 1.82) is 0 Å². The molecule has 122 valence electrons. The van der Waals surface area contributed by atoms with Crippen LogP contribution in [0.2, 0.25) is 0 Å². The fourth-order valence-electron chi connectivity index (χ4n) is 3.22. The van der Waals surface area contributed by atoms with E-state index in [4.69, 9.17) is 0 Å². The molecular formula is C17H18N6O. The first kappa shape index (κ1) is 14.6. The molecule has 1 fully saturated rings. The summed E-state index contributed by atoms with van der Waals surface area (Å²) in [5, 5.41) is 4.23. The average molecular weight is 322 g/mol. The maximum absolute atomic E-state index is 13.0. The largest absolute Gasteiger partial charge is 0.331 e. The molecule has 0 N–H and O–H groups in total. The molecule has 0 aliphatic carbocycles. The summed E-state index contributed by atoms with van der Waals surface area (Å²) >= 11 is 0. The summed E-state index contributed by atoms with van der Waals surface area (Å²) in [5.74, 6) is 0.723. The molecule has 1 unspecified atom stereocenters. The van der Waals surface area contributed by atoms with E-state index in [1.54, 1.807) is 34.0 Å². The van der Waals surface area contributed by atoms with Gasteiger partial charge in [-0.3, -0.25) is 14.0 Å². The second-order valence-electron chi connectivity index (χ2n) is 5.98. The third-order valence-electron chi connectivity index (χ3n) is 4.38. The van der Waals surface area contributed by atoms with Crippen molar-refractivity contribution in [3.8, 4) is 5.82 Å². The number of likely N-dealkylation sites (tertiary alicyclic amines) is 1. The van der Waals surface area contributed by atoms with Crippen molar-refractivity contribution < 1.29 is 4.79 Å². The van der Waals surface area contributed by atoms with Gasteiger partial charge < -0.3 is 4.90 Å². The monoisotopic (exact) mass is 322 g/mol. The van der Waals surface area contributed by atoms with Crippen molar-refractivity contribution in [3.05, 3.63) is 60.6 Å². The minimum atomic E-state index is 0.0325. The zero-order valence-corrected chi connectivity index (χ0v) is 13.4. The molecule has 1 amide bonds. The van der Waals surface area contributed by atoms with Crippen LogP contribution in [-0.4, -0.2) is 41.7 Å². The Morgan fingerprint density at radius 2 is 2.25 bits per heavy atom. The van der Waals surface area contributed by atoms with E-state index in [2.05, 4.69) is 15.1 Å². The molecular weight excluding hydrogens is 304 g/mol. The van der Waals surface area contributed by atoms with E-state index in [1.807, 2.05) is 36.6 Å². The highest BCUT2D eigenvalue weighted by atomic mass is 16.2. The van der Waals surface area contributed by atoms with E-state index < -0.39 is 0 Å². The molecule has 4 heterocycles. The lowest BCUT2D eigenvalue weighted by Gasteiger charge is -2.24. The third kappa shape index (κ3) is 2.58. The quantitative estimate of drug-likeness (QED) is 0.739. The Kier molecular flexibility index (Phi) is 3.60. The predicted molar refractivity (Wildman–Crippen MR) is 87.6 cm³/mol. The molecule has 0 saturated carbocycles. The number of aryl methyl sites for hydroxylation is 1. The summed E-state index contributed by atoms with van der Waals surface area (Å²) in [6.07, 6.45) is 12.6. The van der Waals surface area contributed by atoms with E-state index in [0.717, 1.165) is 24.9 Å².